The standard InChI is InChI=1S/C15H18O2/c1-4-13-14(12-10-8-7-9-11-12)17-15(5-2,6-3)16-13/h1,7-11,13-14H,5-6H2,2-3H3/t13-,14-/m1/s1. The summed E-state index contributed by atoms with van der Waals surface area (Å²) < 4.78 is 12.0. The van der Waals surface area contributed by atoms with E-state index in [9.17, 15) is 0 Å². The van der Waals surface area contributed by atoms with Crippen molar-refractivity contribution in [1.82, 2.24) is 0 Å². The van der Waals surface area contributed by atoms with Crippen LogP contribution in [0.2, 0.25) is 0 Å². The van der Waals surface area contributed by atoms with Crippen LogP contribution in [-0.4, -0.2) is 11.9 Å². The maximum absolute atomic E-state index is 6.07. The summed E-state index contributed by atoms with van der Waals surface area (Å²) in [7, 11) is 0. The minimum Gasteiger partial charge on any atom is -0.338 e. The van der Waals surface area contributed by atoms with Crippen LogP contribution < -0.4 is 0 Å². The minimum atomic E-state index is -0.516. The average Bonchev–Trinajstić information content (AvgIpc) is 2.79. The van der Waals surface area contributed by atoms with E-state index < -0.39 is 5.79 Å². The quantitative estimate of drug-likeness (QED) is 0.742. The lowest BCUT2D eigenvalue weighted by atomic mass is 10.1. The highest BCUT2D eigenvalue weighted by molar-refractivity contribution is 5.23. The maximum atomic E-state index is 6.07. The second-order valence-electron chi connectivity index (χ2n) is 4.27. The number of benzene rings is 1. The molecule has 0 spiro atoms. The van der Waals surface area contributed by atoms with Crippen LogP contribution in [0, 0.1) is 12.3 Å². The van der Waals surface area contributed by atoms with E-state index in [1.165, 1.54) is 0 Å². The predicted molar refractivity (Wildman–Crippen MR) is 67.3 cm³/mol. The van der Waals surface area contributed by atoms with Crippen molar-refractivity contribution in [2.24, 2.45) is 0 Å². The summed E-state index contributed by atoms with van der Waals surface area (Å²) in [5, 5.41) is 0. The van der Waals surface area contributed by atoms with Crippen LogP contribution in [0.1, 0.15) is 38.4 Å². The van der Waals surface area contributed by atoms with Gasteiger partial charge in [-0.1, -0.05) is 50.1 Å². The van der Waals surface area contributed by atoms with Crippen molar-refractivity contribution in [3.8, 4) is 12.3 Å². The Morgan fingerprint density at radius 2 is 1.82 bits per heavy atom. The molecule has 0 N–H and O–H groups in total. The minimum absolute atomic E-state index is 0.152. The zero-order valence-electron chi connectivity index (χ0n) is 10.3. The molecule has 0 radical (unpaired) electrons. The molecule has 1 aliphatic rings. The molecule has 1 fully saturated rings. The molecule has 0 saturated carbocycles. The second-order valence-corrected chi connectivity index (χ2v) is 4.27. The summed E-state index contributed by atoms with van der Waals surface area (Å²) in [4.78, 5) is 0. The van der Waals surface area contributed by atoms with Gasteiger partial charge >= 0.3 is 0 Å². The molecule has 0 bridgehead atoms. The number of ether oxygens (including phenoxy) is 2. The van der Waals surface area contributed by atoms with Crippen molar-refractivity contribution in [3.63, 3.8) is 0 Å². The molecule has 0 aromatic heterocycles. The molecule has 0 amide bonds. The summed E-state index contributed by atoms with van der Waals surface area (Å²) in [6, 6.07) is 10.0. The molecule has 17 heavy (non-hydrogen) atoms. The van der Waals surface area contributed by atoms with Gasteiger partial charge in [-0.15, -0.1) is 6.42 Å². The highest BCUT2D eigenvalue weighted by atomic mass is 16.8. The number of terminal acetylenes is 1. The van der Waals surface area contributed by atoms with Gasteiger partial charge in [-0.05, 0) is 18.4 Å². The molecule has 2 rings (SSSR count). The second kappa shape index (κ2) is 4.91. The number of rotatable bonds is 3. The lowest BCUT2D eigenvalue weighted by Crippen LogP contribution is -2.28. The van der Waals surface area contributed by atoms with Gasteiger partial charge in [-0.3, -0.25) is 0 Å². The van der Waals surface area contributed by atoms with E-state index in [-0.39, 0.29) is 12.2 Å². The van der Waals surface area contributed by atoms with E-state index >= 15 is 0 Å². The van der Waals surface area contributed by atoms with Crippen LogP contribution >= 0.6 is 0 Å². The number of hydrogen-bond acceptors (Lipinski definition) is 2. The Hall–Kier alpha value is -1.30. The third-order valence-electron chi connectivity index (χ3n) is 3.33. The molecule has 1 aromatic carbocycles. The molecule has 2 heteroatoms. The van der Waals surface area contributed by atoms with E-state index in [0.29, 0.717) is 0 Å². The highest BCUT2D eigenvalue weighted by Crippen LogP contribution is 2.41. The molecule has 0 unspecified atom stereocenters. The first-order valence-electron chi connectivity index (χ1n) is 6.11. The molecule has 1 aliphatic heterocycles. The fourth-order valence-corrected chi connectivity index (χ4v) is 2.20. The monoisotopic (exact) mass is 230 g/mol. The Morgan fingerprint density at radius 1 is 1.18 bits per heavy atom. The third-order valence-corrected chi connectivity index (χ3v) is 3.33. The fraction of sp³-hybridized carbons (Fsp3) is 0.467. The van der Waals surface area contributed by atoms with Gasteiger partial charge in [0.1, 0.15) is 6.10 Å². The van der Waals surface area contributed by atoms with E-state index in [1.54, 1.807) is 0 Å². The van der Waals surface area contributed by atoms with Crippen LogP contribution in [0.3, 0.4) is 0 Å². The smallest absolute Gasteiger partial charge is 0.170 e. The Labute approximate surface area is 103 Å². The largest absolute Gasteiger partial charge is 0.338 e. The summed E-state index contributed by atoms with van der Waals surface area (Å²) in [5.74, 6) is 2.17. The van der Waals surface area contributed by atoms with Crippen LogP contribution in [0.15, 0.2) is 30.3 Å². The van der Waals surface area contributed by atoms with Gasteiger partial charge in [-0.2, -0.15) is 0 Å². The van der Waals surface area contributed by atoms with Crippen molar-refractivity contribution < 1.29 is 9.47 Å². The van der Waals surface area contributed by atoms with Gasteiger partial charge in [0.2, 0.25) is 0 Å². The highest BCUT2D eigenvalue weighted by Gasteiger charge is 2.45. The van der Waals surface area contributed by atoms with Crippen molar-refractivity contribution in [3.05, 3.63) is 35.9 Å². The third kappa shape index (κ3) is 2.22. The molecular weight excluding hydrogens is 212 g/mol. The summed E-state index contributed by atoms with van der Waals surface area (Å²) in [6.45, 7) is 4.12. The zero-order valence-corrected chi connectivity index (χ0v) is 10.3. The Bertz CT molecular complexity index is 401. The Morgan fingerprint density at radius 3 is 2.35 bits per heavy atom. The lowest BCUT2D eigenvalue weighted by Gasteiger charge is -2.24. The fourth-order valence-electron chi connectivity index (χ4n) is 2.20. The van der Waals surface area contributed by atoms with Gasteiger partial charge in [-0.25, -0.2) is 0 Å². The first-order chi connectivity index (χ1) is 8.24. The van der Waals surface area contributed by atoms with Crippen LogP contribution in [0.25, 0.3) is 0 Å². The Kier molecular flexibility index (Phi) is 3.51. The lowest BCUT2D eigenvalue weighted by molar-refractivity contribution is -0.176. The predicted octanol–water partition coefficient (Wildman–Crippen LogP) is 3.29. The van der Waals surface area contributed by atoms with E-state index in [1.807, 2.05) is 30.3 Å². The summed E-state index contributed by atoms with van der Waals surface area (Å²) in [5.41, 5.74) is 1.08. The van der Waals surface area contributed by atoms with Crippen LogP contribution in [0.5, 0.6) is 0 Å². The first-order valence-corrected chi connectivity index (χ1v) is 6.11. The van der Waals surface area contributed by atoms with Gasteiger partial charge in [0, 0.05) is 0 Å². The molecule has 90 valence electrons. The van der Waals surface area contributed by atoms with Crippen molar-refractivity contribution >= 4 is 0 Å². The maximum Gasteiger partial charge on any atom is 0.170 e. The van der Waals surface area contributed by atoms with Crippen molar-refractivity contribution in [2.75, 3.05) is 0 Å². The summed E-state index contributed by atoms with van der Waals surface area (Å²) in [6.07, 6.45) is 6.71. The molecule has 1 aromatic rings. The van der Waals surface area contributed by atoms with Crippen LogP contribution in [-0.2, 0) is 9.47 Å². The first kappa shape index (κ1) is 12.2. The number of hydrogen-bond donors (Lipinski definition) is 0. The van der Waals surface area contributed by atoms with Gasteiger partial charge in [0.25, 0.3) is 0 Å². The van der Waals surface area contributed by atoms with E-state index in [0.717, 1.165) is 18.4 Å². The molecule has 1 heterocycles. The van der Waals surface area contributed by atoms with Gasteiger partial charge in [0.05, 0.1) is 0 Å². The van der Waals surface area contributed by atoms with Gasteiger partial charge in [0.15, 0.2) is 11.9 Å². The molecule has 2 nitrogen and oxygen atoms in total. The van der Waals surface area contributed by atoms with Crippen molar-refractivity contribution in [1.29, 1.82) is 0 Å². The van der Waals surface area contributed by atoms with Crippen LogP contribution in [0.4, 0.5) is 0 Å². The van der Waals surface area contributed by atoms with Crippen molar-refractivity contribution in [2.45, 2.75) is 44.7 Å². The molecular formula is C15H18O2. The molecule has 0 aliphatic carbocycles. The molecule has 2 atom stereocenters. The zero-order chi connectivity index (χ0) is 12.3. The summed E-state index contributed by atoms with van der Waals surface area (Å²) >= 11 is 0. The Balaban J connectivity index is 2.27. The topological polar surface area (TPSA) is 18.5 Å². The molecule has 1 saturated heterocycles. The van der Waals surface area contributed by atoms with E-state index in [4.69, 9.17) is 15.9 Å². The SMILES string of the molecule is C#C[C@H]1OC(CC)(CC)O[C@@H]1c1ccccc1. The van der Waals surface area contributed by atoms with E-state index in [2.05, 4.69) is 19.8 Å². The van der Waals surface area contributed by atoms with Gasteiger partial charge < -0.3 is 9.47 Å². The average molecular weight is 230 g/mol. The normalized spacial score (nSPS) is 26.6.